The second-order valence-electron chi connectivity index (χ2n) is 7.53. The topological polar surface area (TPSA) is 79.2 Å². The highest BCUT2D eigenvalue weighted by atomic mass is 16.5. The van der Waals surface area contributed by atoms with Crippen LogP contribution in [0.1, 0.15) is 35.0 Å². The van der Waals surface area contributed by atoms with Gasteiger partial charge in [0.15, 0.2) is 0 Å². The molecule has 0 saturated carbocycles. The molecule has 3 aromatic rings. The number of fused-ring (bicyclic) bond motifs is 2. The Hall–Kier alpha value is -3.87. The SMILES string of the molecule is CCOC(=O)c1cccc(Cc2c[nH]c(=O)c3cc(N4CCC=C5C=CN=C54)cn23)c1. The standard InChI is InChI=1S/C24H22N4O3/c1-2-31-24(30)18-6-3-5-16(11-18)12-19-14-26-23(29)21-13-20(15-28(19)21)27-10-4-7-17-8-9-25-22(17)27/h3,5-9,11,13-15H,2,4,10,12H2,1H3,(H,26,29). The molecule has 2 aromatic heterocycles. The maximum atomic E-state index is 12.5. The minimum absolute atomic E-state index is 0.144. The lowest BCUT2D eigenvalue weighted by atomic mass is 10.1. The number of hydrogen-bond acceptors (Lipinski definition) is 5. The van der Waals surface area contributed by atoms with E-state index in [4.69, 9.17) is 4.74 Å². The van der Waals surface area contributed by atoms with Crippen LogP contribution in [0.3, 0.4) is 0 Å². The number of esters is 1. The van der Waals surface area contributed by atoms with Crippen LogP contribution in [0.15, 0.2) is 76.4 Å². The highest BCUT2D eigenvalue weighted by Gasteiger charge is 2.23. The van der Waals surface area contributed by atoms with Gasteiger partial charge >= 0.3 is 5.97 Å². The van der Waals surface area contributed by atoms with Gasteiger partial charge in [0, 0.05) is 42.8 Å². The molecule has 156 valence electrons. The summed E-state index contributed by atoms with van der Waals surface area (Å²) in [5.74, 6) is 0.585. The van der Waals surface area contributed by atoms with Crippen LogP contribution in [0.5, 0.6) is 0 Å². The summed E-state index contributed by atoms with van der Waals surface area (Å²) >= 11 is 0. The molecule has 0 spiro atoms. The molecule has 2 aliphatic heterocycles. The molecule has 0 aliphatic carbocycles. The molecule has 31 heavy (non-hydrogen) atoms. The molecule has 2 aliphatic rings. The van der Waals surface area contributed by atoms with Crippen molar-refractivity contribution in [1.29, 1.82) is 0 Å². The molecule has 0 amide bonds. The quantitative estimate of drug-likeness (QED) is 0.649. The van der Waals surface area contributed by atoms with Gasteiger partial charge < -0.3 is 19.0 Å². The molecule has 4 heterocycles. The van der Waals surface area contributed by atoms with Gasteiger partial charge in [-0.2, -0.15) is 0 Å². The molecule has 0 atom stereocenters. The highest BCUT2D eigenvalue weighted by molar-refractivity contribution is 6.14. The monoisotopic (exact) mass is 414 g/mol. The van der Waals surface area contributed by atoms with Crippen LogP contribution in [0.4, 0.5) is 5.69 Å². The highest BCUT2D eigenvalue weighted by Crippen LogP contribution is 2.27. The van der Waals surface area contributed by atoms with Gasteiger partial charge in [-0.1, -0.05) is 18.2 Å². The maximum absolute atomic E-state index is 12.5. The van der Waals surface area contributed by atoms with Crippen molar-refractivity contribution in [2.24, 2.45) is 4.99 Å². The third-order valence-electron chi connectivity index (χ3n) is 5.53. The molecule has 0 unspecified atom stereocenters. The Morgan fingerprint density at radius 2 is 2.19 bits per heavy atom. The van der Waals surface area contributed by atoms with Crippen molar-refractivity contribution in [3.8, 4) is 0 Å². The zero-order valence-corrected chi connectivity index (χ0v) is 17.2. The lowest BCUT2D eigenvalue weighted by Gasteiger charge is -2.27. The third kappa shape index (κ3) is 3.48. The zero-order valence-electron chi connectivity index (χ0n) is 17.2. The van der Waals surface area contributed by atoms with Crippen LogP contribution in [0, 0.1) is 0 Å². The van der Waals surface area contributed by atoms with E-state index in [1.807, 2.05) is 47.1 Å². The number of hydrogen-bond donors (Lipinski definition) is 1. The van der Waals surface area contributed by atoms with Crippen molar-refractivity contribution in [2.45, 2.75) is 19.8 Å². The summed E-state index contributed by atoms with van der Waals surface area (Å²) in [4.78, 5) is 34.1. The van der Waals surface area contributed by atoms with E-state index in [-0.39, 0.29) is 11.5 Å². The molecule has 1 aromatic carbocycles. The smallest absolute Gasteiger partial charge is 0.338 e. The lowest BCUT2D eigenvalue weighted by molar-refractivity contribution is 0.0526. The van der Waals surface area contributed by atoms with Crippen LogP contribution in [0.2, 0.25) is 0 Å². The van der Waals surface area contributed by atoms with Gasteiger partial charge in [0.25, 0.3) is 5.56 Å². The molecular formula is C24H22N4O3. The number of aromatic amines is 1. The molecule has 0 bridgehead atoms. The number of carbonyl (C=O) groups is 1. The van der Waals surface area contributed by atoms with Gasteiger partial charge in [0.2, 0.25) is 0 Å². The van der Waals surface area contributed by atoms with Gasteiger partial charge in [0.05, 0.1) is 17.9 Å². The van der Waals surface area contributed by atoms with Crippen LogP contribution < -0.4 is 10.5 Å². The van der Waals surface area contributed by atoms with E-state index in [9.17, 15) is 9.59 Å². The number of nitrogens with zero attached hydrogens (tertiary/aromatic N) is 3. The van der Waals surface area contributed by atoms with Crippen LogP contribution in [-0.4, -0.2) is 34.3 Å². The van der Waals surface area contributed by atoms with E-state index in [2.05, 4.69) is 21.0 Å². The second kappa shape index (κ2) is 7.75. The molecule has 0 fully saturated rings. The number of aromatic nitrogens is 2. The fourth-order valence-electron chi connectivity index (χ4n) is 4.10. The molecule has 5 rings (SSSR count). The number of aliphatic imine (C=N–C) groups is 1. The Labute approximate surface area is 179 Å². The molecule has 7 heteroatoms. The number of benzene rings is 1. The molecule has 0 radical (unpaired) electrons. The third-order valence-corrected chi connectivity index (χ3v) is 5.53. The number of anilines is 1. The fraction of sp³-hybridized carbons (Fsp3) is 0.208. The van der Waals surface area contributed by atoms with Crippen molar-refractivity contribution < 1.29 is 9.53 Å². The first-order valence-electron chi connectivity index (χ1n) is 10.3. The Morgan fingerprint density at radius 3 is 3.06 bits per heavy atom. The van der Waals surface area contributed by atoms with Gasteiger partial charge in [0.1, 0.15) is 11.4 Å². The number of H-pyrrole nitrogens is 1. The first-order chi connectivity index (χ1) is 15.1. The predicted octanol–water partition coefficient (Wildman–Crippen LogP) is 3.46. The van der Waals surface area contributed by atoms with Crippen molar-refractivity contribution >= 4 is 23.0 Å². The van der Waals surface area contributed by atoms with Crippen LogP contribution in [0.25, 0.3) is 5.52 Å². The summed E-state index contributed by atoms with van der Waals surface area (Å²) in [6.45, 7) is 2.94. The molecule has 0 saturated heterocycles. The first kappa shape index (κ1) is 19.1. The van der Waals surface area contributed by atoms with Gasteiger partial charge in [-0.25, -0.2) is 9.79 Å². The van der Waals surface area contributed by atoms with Gasteiger partial charge in [-0.15, -0.1) is 0 Å². The van der Waals surface area contributed by atoms with Crippen molar-refractivity contribution in [2.75, 3.05) is 18.1 Å². The van der Waals surface area contributed by atoms with E-state index < -0.39 is 0 Å². The van der Waals surface area contributed by atoms with Gasteiger partial charge in [-0.05, 0) is 43.2 Å². The number of ether oxygens (including phenoxy) is 1. The Balaban J connectivity index is 1.50. The summed E-state index contributed by atoms with van der Waals surface area (Å²) in [5, 5.41) is 0. The average molecular weight is 414 g/mol. The summed E-state index contributed by atoms with van der Waals surface area (Å²) < 4.78 is 7.03. The van der Waals surface area contributed by atoms with E-state index >= 15 is 0 Å². The molecular weight excluding hydrogens is 392 g/mol. The van der Waals surface area contributed by atoms with E-state index in [1.54, 1.807) is 19.2 Å². The van der Waals surface area contributed by atoms with E-state index in [0.717, 1.165) is 41.3 Å². The van der Waals surface area contributed by atoms with Crippen molar-refractivity contribution in [1.82, 2.24) is 9.38 Å². The zero-order chi connectivity index (χ0) is 21.4. The summed E-state index contributed by atoms with van der Waals surface area (Å²) in [6.07, 6.45) is 11.2. The average Bonchev–Trinajstić information content (AvgIpc) is 3.44. The number of rotatable bonds is 5. The van der Waals surface area contributed by atoms with E-state index in [0.29, 0.717) is 24.1 Å². The summed E-state index contributed by atoms with van der Waals surface area (Å²) in [5.41, 5.74) is 4.89. The summed E-state index contributed by atoms with van der Waals surface area (Å²) in [7, 11) is 0. The Bertz CT molecular complexity index is 1330. The number of amidine groups is 1. The number of carbonyl (C=O) groups excluding carboxylic acids is 1. The largest absolute Gasteiger partial charge is 0.462 e. The normalized spacial score (nSPS) is 15.1. The molecule has 1 N–H and O–H groups in total. The van der Waals surface area contributed by atoms with Crippen molar-refractivity contribution in [3.63, 3.8) is 0 Å². The lowest BCUT2D eigenvalue weighted by Crippen LogP contribution is -2.34. The van der Waals surface area contributed by atoms with Gasteiger partial charge in [-0.3, -0.25) is 4.79 Å². The van der Waals surface area contributed by atoms with E-state index in [1.165, 1.54) is 0 Å². The first-order valence-corrected chi connectivity index (χ1v) is 10.3. The number of nitrogens with one attached hydrogen (secondary N) is 1. The summed E-state index contributed by atoms with van der Waals surface area (Å²) in [6, 6.07) is 9.29. The Morgan fingerprint density at radius 1 is 1.29 bits per heavy atom. The minimum Gasteiger partial charge on any atom is -0.462 e. The van der Waals surface area contributed by atoms with Crippen LogP contribution >= 0.6 is 0 Å². The predicted molar refractivity (Wildman–Crippen MR) is 120 cm³/mol. The second-order valence-corrected chi connectivity index (χ2v) is 7.53. The molecule has 7 nitrogen and oxygen atoms in total. The van der Waals surface area contributed by atoms with Crippen molar-refractivity contribution in [3.05, 3.63) is 93.8 Å². The Kier molecular flexibility index (Phi) is 4.78. The maximum Gasteiger partial charge on any atom is 0.338 e. The minimum atomic E-state index is -0.334. The fourth-order valence-corrected chi connectivity index (χ4v) is 4.10. The van der Waals surface area contributed by atoms with Crippen LogP contribution in [-0.2, 0) is 11.2 Å².